The molecule has 0 spiro atoms. The Balaban J connectivity index is 1.37. The number of hydrogen-bond donors (Lipinski definition) is 2. The summed E-state index contributed by atoms with van der Waals surface area (Å²) < 4.78 is 6.00. The molecule has 30 heavy (non-hydrogen) atoms. The Morgan fingerprint density at radius 1 is 1.17 bits per heavy atom. The lowest BCUT2D eigenvalue weighted by Crippen LogP contribution is -2.58. The molecule has 2 aromatic carbocycles. The van der Waals surface area contributed by atoms with Crippen LogP contribution in [0.25, 0.3) is 11.1 Å². The van der Waals surface area contributed by atoms with Crippen LogP contribution in [0.2, 0.25) is 0 Å². The molecule has 0 aliphatic carbocycles. The maximum Gasteiger partial charge on any atom is 0.299 e. The van der Waals surface area contributed by atoms with E-state index in [0.717, 1.165) is 62.8 Å². The number of carbonyl (C=O) groups is 1. The van der Waals surface area contributed by atoms with Gasteiger partial charge in [-0.3, -0.25) is 4.79 Å². The number of nitrogens with zero attached hydrogens (tertiary/aromatic N) is 2. The largest absolute Gasteiger partial charge is 0.423 e. The monoisotopic (exact) mass is 404 g/mol. The molecule has 1 aromatic heterocycles. The van der Waals surface area contributed by atoms with Crippen molar-refractivity contribution in [2.24, 2.45) is 0 Å². The van der Waals surface area contributed by atoms with Crippen molar-refractivity contribution in [2.75, 3.05) is 24.5 Å². The molecule has 0 unspecified atom stereocenters. The molecular weight excluding hydrogens is 376 g/mol. The first-order chi connectivity index (χ1) is 14.7. The highest BCUT2D eigenvalue weighted by atomic mass is 16.4. The topological polar surface area (TPSA) is 70.4 Å². The number of oxazole rings is 1. The van der Waals surface area contributed by atoms with Gasteiger partial charge in [0.25, 0.3) is 6.01 Å². The third kappa shape index (κ3) is 3.79. The Labute approximate surface area is 176 Å². The fourth-order valence-corrected chi connectivity index (χ4v) is 4.79. The Bertz CT molecular complexity index is 977. The zero-order chi connectivity index (χ0) is 20.4. The van der Waals surface area contributed by atoms with Crippen LogP contribution >= 0.6 is 0 Å². The molecular formula is C24H28N4O2. The maximum absolute atomic E-state index is 13.5. The zero-order valence-corrected chi connectivity index (χ0v) is 17.1. The second-order valence-corrected chi connectivity index (χ2v) is 8.53. The number of fused-ring (bicyclic) bond motifs is 1. The summed E-state index contributed by atoms with van der Waals surface area (Å²) in [7, 11) is 0. The standard InChI is InChI=1S/C24H28N4O2/c29-22(27-24(13-14-25-17-24)16-18-8-2-1-3-9-18)20-11-6-7-15-28(20)23-26-19-10-4-5-12-21(19)30-23/h1-5,8-10,12,20,25H,6-7,11,13-17H2,(H,27,29)/t20-,24+/m0/s1. The number of benzene rings is 2. The molecule has 156 valence electrons. The first-order valence-electron chi connectivity index (χ1n) is 10.9. The molecule has 5 rings (SSSR count). The lowest BCUT2D eigenvalue weighted by molar-refractivity contribution is -0.124. The quantitative estimate of drug-likeness (QED) is 0.683. The summed E-state index contributed by atoms with van der Waals surface area (Å²) in [6.45, 7) is 2.50. The number of hydrogen-bond acceptors (Lipinski definition) is 5. The Morgan fingerprint density at radius 2 is 2.00 bits per heavy atom. The SMILES string of the molecule is O=C(N[C@@]1(Cc2ccccc2)CCNC1)[C@@H]1CCCCN1c1nc2ccccc2o1. The highest BCUT2D eigenvalue weighted by Gasteiger charge is 2.39. The summed E-state index contributed by atoms with van der Waals surface area (Å²) in [6, 6.07) is 18.5. The van der Waals surface area contributed by atoms with Crippen molar-refractivity contribution < 1.29 is 9.21 Å². The van der Waals surface area contributed by atoms with Gasteiger partial charge in [0.15, 0.2) is 5.58 Å². The Kier molecular flexibility index (Phi) is 5.17. The summed E-state index contributed by atoms with van der Waals surface area (Å²) in [4.78, 5) is 20.2. The fraction of sp³-hybridized carbons (Fsp3) is 0.417. The van der Waals surface area contributed by atoms with Crippen LogP contribution in [0.1, 0.15) is 31.2 Å². The first-order valence-corrected chi connectivity index (χ1v) is 10.9. The fourth-order valence-electron chi connectivity index (χ4n) is 4.79. The number of piperidine rings is 1. The molecule has 2 aliphatic heterocycles. The maximum atomic E-state index is 13.5. The third-order valence-electron chi connectivity index (χ3n) is 6.35. The molecule has 3 heterocycles. The van der Waals surface area contributed by atoms with Crippen LogP contribution < -0.4 is 15.5 Å². The second kappa shape index (κ2) is 8.11. The van der Waals surface area contributed by atoms with Crippen LogP contribution in [0.5, 0.6) is 0 Å². The highest BCUT2D eigenvalue weighted by Crippen LogP contribution is 2.29. The molecule has 0 bridgehead atoms. The van der Waals surface area contributed by atoms with Gasteiger partial charge in [-0.2, -0.15) is 4.98 Å². The van der Waals surface area contributed by atoms with E-state index in [4.69, 9.17) is 4.42 Å². The van der Waals surface area contributed by atoms with Crippen molar-refractivity contribution in [1.82, 2.24) is 15.6 Å². The van der Waals surface area contributed by atoms with Gasteiger partial charge in [0.05, 0.1) is 5.54 Å². The molecule has 0 radical (unpaired) electrons. The van der Waals surface area contributed by atoms with Gasteiger partial charge in [-0.1, -0.05) is 42.5 Å². The van der Waals surface area contributed by atoms with Gasteiger partial charge in [0, 0.05) is 13.1 Å². The van der Waals surface area contributed by atoms with E-state index >= 15 is 0 Å². The summed E-state index contributed by atoms with van der Waals surface area (Å²) in [5, 5.41) is 6.87. The van der Waals surface area contributed by atoms with E-state index in [1.54, 1.807) is 0 Å². The highest BCUT2D eigenvalue weighted by molar-refractivity contribution is 5.86. The number of rotatable bonds is 5. The van der Waals surface area contributed by atoms with Crippen molar-refractivity contribution in [3.05, 3.63) is 60.2 Å². The number of para-hydroxylation sites is 2. The van der Waals surface area contributed by atoms with Gasteiger partial charge in [-0.05, 0) is 56.3 Å². The lowest BCUT2D eigenvalue weighted by Gasteiger charge is -2.37. The normalized spacial score (nSPS) is 24.3. The van der Waals surface area contributed by atoms with Crippen LogP contribution in [0, 0.1) is 0 Å². The average Bonchev–Trinajstić information content (AvgIpc) is 3.41. The minimum atomic E-state index is -0.250. The van der Waals surface area contributed by atoms with Gasteiger partial charge in [-0.25, -0.2) is 0 Å². The lowest BCUT2D eigenvalue weighted by atomic mass is 9.89. The van der Waals surface area contributed by atoms with E-state index in [0.29, 0.717) is 6.01 Å². The van der Waals surface area contributed by atoms with Gasteiger partial charge < -0.3 is 20.0 Å². The molecule has 1 amide bonds. The first kappa shape index (κ1) is 19.1. The molecule has 6 heteroatoms. The summed E-state index contributed by atoms with van der Waals surface area (Å²) in [6.07, 6.45) is 4.67. The van der Waals surface area contributed by atoms with Gasteiger partial charge in [-0.15, -0.1) is 0 Å². The van der Waals surface area contributed by atoms with Crippen LogP contribution in [-0.2, 0) is 11.2 Å². The van der Waals surface area contributed by atoms with Crippen molar-refractivity contribution in [1.29, 1.82) is 0 Å². The smallest absolute Gasteiger partial charge is 0.299 e. The van der Waals surface area contributed by atoms with E-state index < -0.39 is 0 Å². The molecule has 2 saturated heterocycles. The predicted molar refractivity (Wildman–Crippen MR) is 118 cm³/mol. The molecule has 3 aromatic rings. The van der Waals surface area contributed by atoms with E-state index in [9.17, 15) is 4.79 Å². The molecule has 2 N–H and O–H groups in total. The van der Waals surface area contributed by atoms with E-state index in [1.807, 2.05) is 30.3 Å². The summed E-state index contributed by atoms with van der Waals surface area (Å²) in [5.74, 6) is 0.0802. The second-order valence-electron chi connectivity index (χ2n) is 8.53. The van der Waals surface area contributed by atoms with E-state index in [2.05, 4.69) is 44.8 Å². The average molecular weight is 405 g/mol. The predicted octanol–water partition coefficient (Wildman–Crippen LogP) is 3.28. The van der Waals surface area contributed by atoms with Crippen LogP contribution in [0.4, 0.5) is 6.01 Å². The zero-order valence-electron chi connectivity index (χ0n) is 17.1. The van der Waals surface area contributed by atoms with Gasteiger partial charge >= 0.3 is 0 Å². The Hall–Kier alpha value is -2.86. The van der Waals surface area contributed by atoms with Crippen molar-refractivity contribution in [3.63, 3.8) is 0 Å². The van der Waals surface area contributed by atoms with Crippen molar-refractivity contribution in [3.8, 4) is 0 Å². The summed E-state index contributed by atoms with van der Waals surface area (Å²) >= 11 is 0. The van der Waals surface area contributed by atoms with Crippen molar-refractivity contribution in [2.45, 2.75) is 43.7 Å². The number of nitrogens with one attached hydrogen (secondary N) is 2. The number of carbonyl (C=O) groups excluding carboxylic acids is 1. The van der Waals surface area contributed by atoms with Gasteiger partial charge in [0.1, 0.15) is 11.6 Å². The van der Waals surface area contributed by atoms with Crippen LogP contribution in [0.3, 0.4) is 0 Å². The van der Waals surface area contributed by atoms with Gasteiger partial charge in [0.2, 0.25) is 5.91 Å². The molecule has 2 fully saturated rings. The minimum absolute atomic E-state index is 0.0802. The van der Waals surface area contributed by atoms with E-state index in [-0.39, 0.29) is 17.5 Å². The van der Waals surface area contributed by atoms with Crippen LogP contribution in [-0.4, -0.2) is 42.1 Å². The number of anilines is 1. The Morgan fingerprint density at radius 3 is 2.80 bits per heavy atom. The van der Waals surface area contributed by atoms with E-state index in [1.165, 1.54) is 5.56 Å². The third-order valence-corrected chi connectivity index (χ3v) is 6.35. The van der Waals surface area contributed by atoms with Crippen LogP contribution in [0.15, 0.2) is 59.0 Å². The molecule has 2 aliphatic rings. The molecule has 0 saturated carbocycles. The molecule has 6 nitrogen and oxygen atoms in total. The summed E-state index contributed by atoms with van der Waals surface area (Å²) in [5.41, 5.74) is 2.60. The molecule has 2 atom stereocenters. The minimum Gasteiger partial charge on any atom is -0.423 e. The number of amides is 1. The van der Waals surface area contributed by atoms with Crippen molar-refractivity contribution >= 4 is 23.0 Å². The number of aromatic nitrogens is 1.